The molecule has 2 aromatic rings. The average molecular weight is 721 g/mol. The number of rotatable bonds is 3. The normalized spacial score (nSPS) is 30.3. The molecule has 3 fully saturated rings. The lowest BCUT2D eigenvalue weighted by molar-refractivity contribution is -0.145. The van der Waals surface area contributed by atoms with Gasteiger partial charge in [-0.3, -0.25) is 24.1 Å². The van der Waals surface area contributed by atoms with Crippen molar-refractivity contribution in [3.05, 3.63) is 62.0 Å². The van der Waals surface area contributed by atoms with Crippen LogP contribution in [0.3, 0.4) is 0 Å². The summed E-state index contributed by atoms with van der Waals surface area (Å²) in [6.07, 6.45) is 2.49. The van der Waals surface area contributed by atoms with Crippen LogP contribution in [0.5, 0.6) is 11.5 Å². The van der Waals surface area contributed by atoms with Crippen LogP contribution in [-0.4, -0.2) is 46.3 Å². The topological polar surface area (TPSA) is 104 Å². The summed E-state index contributed by atoms with van der Waals surface area (Å²) in [7, 11) is 1.43. The third-order valence-electron chi connectivity index (χ3n) is 9.71. The summed E-state index contributed by atoms with van der Waals surface area (Å²) in [6, 6.07) is 7.15. The Morgan fingerprint density at radius 1 is 1.07 bits per heavy atom. The zero-order valence-electron chi connectivity index (χ0n) is 24.3. The summed E-state index contributed by atoms with van der Waals surface area (Å²) < 4.78 is 20.0. The maximum atomic E-state index is 14.5. The maximum absolute atomic E-state index is 14.5. The van der Waals surface area contributed by atoms with Gasteiger partial charge in [-0.2, -0.15) is 0 Å². The average Bonchev–Trinajstić information content (AvgIpc) is 3.31. The van der Waals surface area contributed by atoms with Crippen molar-refractivity contribution in [1.29, 1.82) is 0 Å². The second-order valence-corrected chi connectivity index (χ2v) is 14.6. The summed E-state index contributed by atoms with van der Waals surface area (Å²) in [6.45, 7) is 7.23. The number of nitrogens with zero attached hydrogens (tertiary/aromatic N) is 2. The molecule has 8 nitrogen and oxygen atoms in total. The summed E-state index contributed by atoms with van der Waals surface area (Å²) in [5.41, 5.74) is -0.388. The number of anilines is 1. The Balaban J connectivity index is 1.55. The van der Waals surface area contributed by atoms with Crippen LogP contribution >= 0.6 is 34.2 Å². The molecular weight excluding hydrogens is 690 g/mol. The Bertz CT molecular complexity index is 1650. The van der Waals surface area contributed by atoms with Crippen molar-refractivity contribution in [3.8, 4) is 11.5 Å². The number of carbonyl (C=O) groups excluding carboxylic acids is 4. The van der Waals surface area contributed by atoms with Crippen molar-refractivity contribution in [1.82, 2.24) is 4.90 Å². The van der Waals surface area contributed by atoms with E-state index in [-0.39, 0.29) is 40.4 Å². The number of aromatic hydroxyl groups is 1. The van der Waals surface area contributed by atoms with Crippen LogP contribution in [0.2, 0.25) is 5.02 Å². The van der Waals surface area contributed by atoms with Gasteiger partial charge in [0.25, 0.3) is 0 Å². The fourth-order valence-electron chi connectivity index (χ4n) is 7.84. The molecule has 4 aliphatic rings. The number of methoxy groups -OCH3 is 1. The van der Waals surface area contributed by atoms with Crippen LogP contribution in [0.25, 0.3) is 0 Å². The molecule has 11 heteroatoms. The molecule has 2 saturated heterocycles. The van der Waals surface area contributed by atoms with Gasteiger partial charge in [0.1, 0.15) is 5.82 Å². The van der Waals surface area contributed by atoms with Crippen molar-refractivity contribution in [2.45, 2.75) is 52.0 Å². The third kappa shape index (κ3) is 4.18. The molecule has 0 aromatic heterocycles. The van der Waals surface area contributed by atoms with Gasteiger partial charge in [-0.1, -0.05) is 23.3 Å². The molecule has 43 heavy (non-hydrogen) atoms. The zero-order chi connectivity index (χ0) is 31.3. The summed E-state index contributed by atoms with van der Waals surface area (Å²) in [5.74, 6) is -5.16. The van der Waals surface area contributed by atoms with Crippen molar-refractivity contribution in [3.63, 3.8) is 0 Å². The summed E-state index contributed by atoms with van der Waals surface area (Å²) in [4.78, 5) is 58.7. The van der Waals surface area contributed by atoms with Gasteiger partial charge in [0.05, 0.1) is 44.6 Å². The molecule has 6 rings (SSSR count). The van der Waals surface area contributed by atoms with E-state index in [9.17, 15) is 28.7 Å². The lowest BCUT2D eigenvalue weighted by Crippen LogP contribution is -2.49. The molecule has 4 amide bonds. The molecule has 226 valence electrons. The number of ether oxygens (including phenoxy) is 1. The van der Waals surface area contributed by atoms with Crippen LogP contribution in [-0.2, 0) is 19.2 Å². The number of phenols is 1. The number of likely N-dealkylation sites (tertiary alicyclic amines) is 1. The van der Waals surface area contributed by atoms with E-state index in [1.807, 2.05) is 49.4 Å². The zero-order valence-corrected chi connectivity index (χ0v) is 27.2. The second-order valence-electron chi connectivity index (χ2n) is 13.0. The van der Waals surface area contributed by atoms with Gasteiger partial charge in [-0.05, 0) is 105 Å². The monoisotopic (exact) mass is 720 g/mol. The van der Waals surface area contributed by atoms with E-state index in [0.717, 1.165) is 16.5 Å². The predicted octanol–water partition coefficient (Wildman–Crippen LogP) is 5.83. The molecule has 0 unspecified atom stereocenters. The number of fused-ring (bicyclic) bond motifs is 4. The van der Waals surface area contributed by atoms with Gasteiger partial charge in [0, 0.05) is 11.5 Å². The number of phenolic OH excluding ortho intramolecular Hbond substituents is 1. The molecule has 6 atom stereocenters. The van der Waals surface area contributed by atoms with Crippen molar-refractivity contribution < 1.29 is 33.4 Å². The van der Waals surface area contributed by atoms with E-state index < -0.39 is 58.2 Å². The molecule has 2 aromatic carbocycles. The Labute approximate surface area is 267 Å². The van der Waals surface area contributed by atoms with Gasteiger partial charge >= 0.3 is 0 Å². The molecular formula is C32H31ClFIN2O6. The minimum absolute atomic E-state index is 0.0487. The van der Waals surface area contributed by atoms with E-state index in [4.69, 9.17) is 16.3 Å². The molecule has 0 bridgehead atoms. The Kier molecular flexibility index (Phi) is 7.00. The first kappa shape index (κ1) is 30.1. The van der Waals surface area contributed by atoms with Gasteiger partial charge < -0.3 is 9.84 Å². The number of allylic oxidation sites excluding steroid dienone is 2. The predicted molar refractivity (Wildman–Crippen MR) is 165 cm³/mol. The summed E-state index contributed by atoms with van der Waals surface area (Å²) >= 11 is 8.05. The molecule has 1 saturated carbocycles. The third-order valence-corrected chi connectivity index (χ3v) is 10.8. The van der Waals surface area contributed by atoms with E-state index >= 15 is 0 Å². The number of carbonyl (C=O) groups is 4. The van der Waals surface area contributed by atoms with Crippen molar-refractivity contribution in [2.24, 2.45) is 29.1 Å². The first-order valence-corrected chi connectivity index (χ1v) is 15.6. The smallest absolute Gasteiger partial charge is 0.241 e. The molecule has 1 N–H and O–H groups in total. The van der Waals surface area contributed by atoms with Crippen molar-refractivity contribution in [2.75, 3.05) is 12.0 Å². The van der Waals surface area contributed by atoms with Crippen LogP contribution in [0.4, 0.5) is 10.1 Å². The fraction of sp³-hybridized carbons (Fsp3) is 0.438. The minimum atomic E-state index is -1.30. The quantitative estimate of drug-likeness (QED) is 0.243. The number of imide groups is 2. The number of halogens is 3. The van der Waals surface area contributed by atoms with Crippen molar-refractivity contribution >= 4 is 63.5 Å². The maximum Gasteiger partial charge on any atom is 0.241 e. The van der Waals surface area contributed by atoms with Gasteiger partial charge in [-0.25, -0.2) is 9.29 Å². The Morgan fingerprint density at radius 3 is 2.40 bits per heavy atom. The van der Waals surface area contributed by atoms with Crippen LogP contribution in [0.1, 0.15) is 52.0 Å². The number of amides is 4. The largest absolute Gasteiger partial charge is 0.504 e. The van der Waals surface area contributed by atoms with E-state index in [1.165, 1.54) is 24.1 Å². The van der Waals surface area contributed by atoms with Gasteiger partial charge in [0.2, 0.25) is 23.6 Å². The van der Waals surface area contributed by atoms with Gasteiger partial charge in [-0.15, -0.1) is 0 Å². The minimum Gasteiger partial charge on any atom is -0.504 e. The highest BCUT2D eigenvalue weighted by Gasteiger charge is 2.68. The highest BCUT2D eigenvalue weighted by atomic mass is 127. The molecule has 0 radical (unpaired) electrons. The highest BCUT2D eigenvalue weighted by Crippen LogP contribution is 2.64. The van der Waals surface area contributed by atoms with E-state index in [2.05, 4.69) is 0 Å². The first-order valence-electron chi connectivity index (χ1n) is 14.1. The van der Waals surface area contributed by atoms with Crippen LogP contribution in [0, 0.1) is 38.5 Å². The molecule has 2 heterocycles. The number of hydrogen-bond donors (Lipinski definition) is 1. The SMILES string of the molecule is COc1cc([C@H]2C3=CC[C@@H]4C(=O)N(C(C)(C)C)C(=O)[C@@H]4[C@@H]3C[C@H]3C(=O)N(c4ccc(F)c(Cl)c4)C(=O)[C@@]23C)cc(I)c1O. The standard InChI is InChI=1S/C32H31ClFIN2O6/c1-31(2,3)37-27(39)17-8-7-16-18(24(17)29(37)41)13-19-28(40)36(15-6-9-21(34)20(33)12-15)30(42)32(19,4)25(16)14-10-22(35)26(38)23(11-14)43-5/h6-7,9-12,17-19,24-25,38H,8,13H2,1-5H3/t17-,18+,19-,24-,25-,32+/m0/s1. The molecule has 2 aliphatic carbocycles. The lowest BCUT2D eigenvalue weighted by atomic mass is 9.51. The Hall–Kier alpha value is -2.99. The van der Waals surface area contributed by atoms with E-state index in [1.54, 1.807) is 19.1 Å². The number of hydrogen-bond acceptors (Lipinski definition) is 6. The lowest BCUT2D eigenvalue weighted by Gasteiger charge is -2.49. The number of benzene rings is 2. The molecule has 0 spiro atoms. The molecule has 2 aliphatic heterocycles. The van der Waals surface area contributed by atoms with E-state index in [0.29, 0.717) is 15.6 Å². The summed E-state index contributed by atoms with van der Waals surface area (Å²) in [5, 5.41) is 10.4. The second kappa shape index (κ2) is 10.0. The Morgan fingerprint density at radius 2 is 1.77 bits per heavy atom. The van der Waals surface area contributed by atoms with Crippen LogP contribution < -0.4 is 9.64 Å². The first-order chi connectivity index (χ1) is 20.1. The fourth-order valence-corrected chi connectivity index (χ4v) is 8.64. The van der Waals surface area contributed by atoms with Gasteiger partial charge in [0.15, 0.2) is 11.5 Å². The highest BCUT2D eigenvalue weighted by molar-refractivity contribution is 14.1. The van der Waals surface area contributed by atoms with Crippen LogP contribution in [0.15, 0.2) is 42.0 Å².